The summed E-state index contributed by atoms with van der Waals surface area (Å²) < 4.78 is 38.9. The molecule has 2 heterocycles. The summed E-state index contributed by atoms with van der Waals surface area (Å²) in [5.74, 6) is 0.149. The first-order chi connectivity index (χ1) is 14.2. The largest absolute Gasteiger partial charge is 0.474 e. The van der Waals surface area contributed by atoms with E-state index in [4.69, 9.17) is 9.88 Å². The van der Waals surface area contributed by atoms with Crippen LogP contribution in [-0.4, -0.2) is 26.6 Å². The first-order valence-electron chi connectivity index (χ1n) is 10.1. The lowest BCUT2D eigenvalue weighted by Gasteiger charge is -2.16. The van der Waals surface area contributed by atoms with Crippen molar-refractivity contribution in [3.8, 4) is 5.88 Å². The third-order valence-corrected chi connectivity index (χ3v) is 7.51. The molecule has 0 spiro atoms. The molecule has 0 saturated heterocycles. The van der Waals surface area contributed by atoms with E-state index in [1.807, 2.05) is 13.8 Å². The van der Waals surface area contributed by atoms with Crippen LogP contribution in [0.15, 0.2) is 15.5 Å². The van der Waals surface area contributed by atoms with Crippen LogP contribution in [0.1, 0.15) is 48.9 Å². The molecule has 0 unspecified atom stereocenters. The number of amides is 2. The Morgan fingerprint density at radius 3 is 2.47 bits per heavy atom. The van der Waals surface area contributed by atoms with Crippen LogP contribution in [0, 0.1) is 5.82 Å². The van der Waals surface area contributed by atoms with Crippen molar-refractivity contribution in [3.63, 3.8) is 0 Å². The summed E-state index contributed by atoms with van der Waals surface area (Å²) in [5.41, 5.74) is 3.25. The van der Waals surface area contributed by atoms with E-state index in [0.29, 0.717) is 49.1 Å². The summed E-state index contributed by atoms with van der Waals surface area (Å²) in [6.45, 7) is 4.22. The van der Waals surface area contributed by atoms with Gasteiger partial charge in [0.2, 0.25) is 5.88 Å². The Labute approximate surface area is 174 Å². The number of benzene rings is 1. The van der Waals surface area contributed by atoms with Crippen molar-refractivity contribution < 1.29 is 18.1 Å². The van der Waals surface area contributed by atoms with Crippen molar-refractivity contribution >= 4 is 21.6 Å². The number of nitrogens with one attached hydrogen (secondary N) is 1. The maximum Gasteiger partial charge on any atom is 0.354 e. The Morgan fingerprint density at radius 1 is 1.23 bits per heavy atom. The third kappa shape index (κ3) is 2.84. The lowest BCUT2D eigenvalue weighted by atomic mass is 9.98. The first-order valence-corrected chi connectivity index (χ1v) is 11.7. The maximum atomic E-state index is 14.8. The number of urea groups is 1. The number of halogens is 1. The number of anilines is 1. The zero-order valence-electron chi connectivity index (χ0n) is 17.0. The molecule has 2 amide bonds. The Morgan fingerprint density at radius 2 is 1.83 bits per heavy atom. The average Bonchev–Trinajstić information content (AvgIpc) is 3.44. The van der Waals surface area contributed by atoms with Gasteiger partial charge in [-0.25, -0.2) is 23.2 Å². The molecule has 30 heavy (non-hydrogen) atoms. The molecule has 160 valence electrons. The summed E-state index contributed by atoms with van der Waals surface area (Å²) >= 11 is 0. The number of nitrogens with two attached hydrogens (primary N) is 1. The third-order valence-electron chi connectivity index (χ3n) is 6.16. The molecule has 2 aromatic rings. The number of hydrogen-bond donors (Lipinski definition) is 2. The highest BCUT2D eigenvalue weighted by atomic mass is 32.2. The number of ether oxygens (including phenoxy) is 1. The fraction of sp³-hybridized carbons (Fsp3) is 0.500. The fourth-order valence-corrected chi connectivity index (χ4v) is 5.72. The summed E-state index contributed by atoms with van der Waals surface area (Å²) in [4.78, 5) is 12.8. The van der Waals surface area contributed by atoms with Gasteiger partial charge >= 0.3 is 6.03 Å². The second-order valence-electron chi connectivity index (χ2n) is 8.73. The summed E-state index contributed by atoms with van der Waals surface area (Å²) in [7, 11) is -3.57. The Hall–Kier alpha value is -2.46. The van der Waals surface area contributed by atoms with Gasteiger partial charge in [-0.05, 0) is 74.6 Å². The monoisotopic (exact) mass is 433 g/mol. The second-order valence-corrected chi connectivity index (χ2v) is 10.5. The van der Waals surface area contributed by atoms with E-state index in [-0.39, 0.29) is 16.6 Å². The highest BCUT2D eigenvalue weighted by Crippen LogP contribution is 2.41. The molecule has 0 radical (unpaired) electrons. The van der Waals surface area contributed by atoms with Crippen molar-refractivity contribution in [2.75, 3.05) is 11.9 Å². The Bertz CT molecular complexity index is 1170. The standard InChI is InChI=1S/C20H24FN5O3S/c1-20(2)10-29-18-15(9-23-26(18)20)30(22,28)25-19(27)24-17-13-7-3-5-11(13)16(21)12-6-4-8-14(12)17/h9H,3-8,10H2,1-2H3,(H3,22,24,25,27,28)/t30-/m0/s1. The van der Waals surface area contributed by atoms with E-state index >= 15 is 0 Å². The number of nitrogens with zero attached hydrogens (tertiary/aromatic N) is 3. The van der Waals surface area contributed by atoms with Gasteiger partial charge in [-0.3, -0.25) is 0 Å². The van der Waals surface area contributed by atoms with Crippen LogP contribution in [-0.2, 0) is 41.1 Å². The highest BCUT2D eigenvalue weighted by molar-refractivity contribution is 7.91. The summed E-state index contributed by atoms with van der Waals surface area (Å²) in [6.07, 6.45) is 5.76. The van der Waals surface area contributed by atoms with Crippen LogP contribution in [0.4, 0.5) is 14.9 Å². The fourth-order valence-electron chi connectivity index (χ4n) is 4.73. The van der Waals surface area contributed by atoms with Crippen LogP contribution < -0.4 is 15.2 Å². The number of hydrogen-bond acceptors (Lipinski definition) is 4. The molecule has 1 atom stereocenters. The van der Waals surface area contributed by atoms with Gasteiger partial charge in [-0.1, -0.05) is 0 Å². The maximum absolute atomic E-state index is 14.8. The van der Waals surface area contributed by atoms with Gasteiger partial charge in [0.1, 0.15) is 17.3 Å². The van der Waals surface area contributed by atoms with E-state index in [9.17, 15) is 13.4 Å². The minimum absolute atomic E-state index is 0.0952. The van der Waals surface area contributed by atoms with Crippen LogP contribution >= 0.6 is 0 Å². The zero-order valence-corrected chi connectivity index (χ0v) is 17.8. The van der Waals surface area contributed by atoms with E-state index in [2.05, 4.69) is 14.8 Å². The normalized spacial score (nSPS) is 20.1. The topological polar surface area (TPSA) is 112 Å². The molecular formula is C20H24FN5O3S. The van der Waals surface area contributed by atoms with Gasteiger partial charge in [0.25, 0.3) is 0 Å². The van der Waals surface area contributed by atoms with Crippen molar-refractivity contribution in [3.05, 3.63) is 34.3 Å². The average molecular weight is 434 g/mol. The molecule has 1 aliphatic heterocycles. The van der Waals surface area contributed by atoms with Crippen LogP contribution in [0.5, 0.6) is 5.88 Å². The molecule has 0 bridgehead atoms. The molecule has 0 saturated carbocycles. The SMILES string of the molecule is CC1(C)COc2c([S@@](N)(=O)=NC(=O)Nc3c4c(c(F)c5c3CCC5)CCC4)cnn21. The lowest BCUT2D eigenvalue weighted by Crippen LogP contribution is -2.26. The van der Waals surface area contributed by atoms with Crippen molar-refractivity contribution in [2.45, 2.75) is 62.8 Å². The van der Waals surface area contributed by atoms with Gasteiger partial charge in [-0.2, -0.15) is 5.10 Å². The van der Waals surface area contributed by atoms with Gasteiger partial charge in [-0.15, -0.1) is 4.36 Å². The zero-order chi connectivity index (χ0) is 21.3. The smallest absolute Gasteiger partial charge is 0.354 e. The van der Waals surface area contributed by atoms with Crippen LogP contribution in [0.2, 0.25) is 0 Å². The Kier molecular flexibility index (Phi) is 4.24. The minimum Gasteiger partial charge on any atom is -0.474 e. The second kappa shape index (κ2) is 6.52. The highest BCUT2D eigenvalue weighted by Gasteiger charge is 2.37. The number of carbonyl (C=O) groups is 1. The molecule has 5 rings (SSSR count). The van der Waals surface area contributed by atoms with Crippen LogP contribution in [0.25, 0.3) is 0 Å². The molecular weight excluding hydrogens is 409 g/mol. The molecule has 3 aliphatic rings. The quantitative estimate of drug-likeness (QED) is 0.758. The predicted molar refractivity (Wildman–Crippen MR) is 110 cm³/mol. The first kappa shape index (κ1) is 19.5. The summed E-state index contributed by atoms with van der Waals surface area (Å²) in [5, 5.41) is 12.9. The van der Waals surface area contributed by atoms with E-state index in [1.165, 1.54) is 6.20 Å². The molecule has 1 aromatic heterocycles. The van der Waals surface area contributed by atoms with Crippen molar-refractivity contribution in [2.24, 2.45) is 9.50 Å². The van der Waals surface area contributed by atoms with Crippen LogP contribution in [0.3, 0.4) is 0 Å². The molecule has 0 fully saturated rings. The van der Waals surface area contributed by atoms with Gasteiger partial charge < -0.3 is 10.1 Å². The van der Waals surface area contributed by atoms with E-state index < -0.39 is 21.5 Å². The molecule has 10 heteroatoms. The van der Waals surface area contributed by atoms with E-state index in [1.54, 1.807) is 4.68 Å². The molecule has 8 nitrogen and oxygen atoms in total. The number of carbonyl (C=O) groups excluding carboxylic acids is 1. The van der Waals surface area contributed by atoms with E-state index in [0.717, 1.165) is 24.0 Å². The number of fused-ring (bicyclic) bond motifs is 3. The minimum atomic E-state index is -3.57. The van der Waals surface area contributed by atoms with Crippen molar-refractivity contribution in [1.29, 1.82) is 0 Å². The molecule has 1 aromatic carbocycles. The Balaban J connectivity index is 1.51. The van der Waals surface area contributed by atoms with Crippen molar-refractivity contribution in [1.82, 2.24) is 9.78 Å². The predicted octanol–water partition coefficient (Wildman–Crippen LogP) is 3.06. The number of aromatic nitrogens is 2. The molecule has 3 N–H and O–H groups in total. The lowest BCUT2D eigenvalue weighted by molar-refractivity contribution is 0.259. The van der Waals surface area contributed by atoms with Gasteiger partial charge in [0, 0.05) is 5.69 Å². The molecule has 2 aliphatic carbocycles. The van der Waals surface area contributed by atoms with Gasteiger partial charge in [0.15, 0.2) is 9.92 Å². The van der Waals surface area contributed by atoms with Gasteiger partial charge in [0.05, 0.1) is 11.7 Å². The summed E-state index contributed by atoms with van der Waals surface area (Å²) in [6, 6.07) is -0.811. The number of rotatable bonds is 2.